The van der Waals surface area contributed by atoms with Crippen molar-refractivity contribution < 1.29 is 17.6 Å². The van der Waals surface area contributed by atoms with Crippen molar-refractivity contribution >= 4 is 15.9 Å². The van der Waals surface area contributed by atoms with E-state index in [9.17, 15) is 17.6 Å². The van der Waals surface area contributed by atoms with Gasteiger partial charge in [-0.15, -0.1) is 0 Å². The number of likely N-dealkylation sites (N-methyl/N-ethyl adjacent to an activating group) is 1. The Morgan fingerprint density at radius 2 is 1.84 bits per heavy atom. The number of nitrogens with one attached hydrogen (secondary N) is 1. The second-order valence-corrected chi connectivity index (χ2v) is 7.69. The first-order valence-electron chi connectivity index (χ1n) is 7.77. The highest BCUT2D eigenvalue weighted by Crippen LogP contribution is 2.12. The molecule has 1 unspecified atom stereocenters. The van der Waals surface area contributed by atoms with E-state index in [-0.39, 0.29) is 10.8 Å². The topological polar surface area (TPSA) is 66.5 Å². The van der Waals surface area contributed by atoms with Crippen LogP contribution in [0.5, 0.6) is 0 Å². The van der Waals surface area contributed by atoms with Crippen LogP contribution in [-0.4, -0.2) is 32.3 Å². The van der Waals surface area contributed by atoms with Crippen molar-refractivity contribution in [3.8, 4) is 0 Å². The molecule has 7 heteroatoms. The van der Waals surface area contributed by atoms with Crippen LogP contribution in [0.4, 0.5) is 4.39 Å². The van der Waals surface area contributed by atoms with Crippen LogP contribution >= 0.6 is 0 Å². The monoisotopic (exact) mass is 364 g/mol. The van der Waals surface area contributed by atoms with Gasteiger partial charge < -0.3 is 4.90 Å². The quantitative estimate of drug-likeness (QED) is 0.856. The molecule has 0 spiro atoms. The standard InChI is InChI=1S/C18H21FN2O3S/c1-13-5-4-6-15(11-13)12-21(3)18(22)14(2)20-25(23,24)17-9-7-16(19)8-10-17/h4-11,14,20H,12H2,1-3H3. The van der Waals surface area contributed by atoms with E-state index >= 15 is 0 Å². The van der Waals surface area contributed by atoms with E-state index in [1.165, 1.54) is 11.8 Å². The summed E-state index contributed by atoms with van der Waals surface area (Å²) in [4.78, 5) is 13.8. The summed E-state index contributed by atoms with van der Waals surface area (Å²) in [6.45, 7) is 3.82. The number of carbonyl (C=O) groups excluding carboxylic acids is 1. The molecule has 0 aliphatic carbocycles. The van der Waals surface area contributed by atoms with Gasteiger partial charge in [-0.3, -0.25) is 4.79 Å². The lowest BCUT2D eigenvalue weighted by Crippen LogP contribution is -2.45. The second kappa shape index (κ2) is 7.76. The van der Waals surface area contributed by atoms with Crippen LogP contribution in [0.15, 0.2) is 53.4 Å². The third kappa shape index (κ3) is 5.11. The predicted octanol–water partition coefficient (Wildman–Crippen LogP) is 2.46. The van der Waals surface area contributed by atoms with Crippen molar-refractivity contribution in [3.05, 3.63) is 65.5 Å². The summed E-state index contributed by atoms with van der Waals surface area (Å²) in [5.41, 5.74) is 2.05. The Kier molecular flexibility index (Phi) is 5.92. The molecular formula is C18H21FN2O3S. The molecule has 0 fully saturated rings. The van der Waals surface area contributed by atoms with Crippen molar-refractivity contribution in [1.29, 1.82) is 0 Å². The summed E-state index contributed by atoms with van der Waals surface area (Å²) in [6.07, 6.45) is 0. The molecule has 2 rings (SSSR count). The molecule has 0 aromatic heterocycles. The number of hydrogen-bond donors (Lipinski definition) is 1. The van der Waals surface area contributed by atoms with E-state index in [4.69, 9.17) is 0 Å². The van der Waals surface area contributed by atoms with E-state index in [0.29, 0.717) is 6.54 Å². The number of benzene rings is 2. The normalized spacial score (nSPS) is 12.6. The number of rotatable bonds is 6. The minimum absolute atomic E-state index is 0.0881. The van der Waals surface area contributed by atoms with E-state index in [0.717, 1.165) is 35.4 Å². The minimum Gasteiger partial charge on any atom is -0.340 e. The lowest BCUT2D eigenvalue weighted by molar-refractivity contribution is -0.131. The van der Waals surface area contributed by atoms with Crippen LogP contribution in [0, 0.1) is 12.7 Å². The predicted molar refractivity (Wildman–Crippen MR) is 93.8 cm³/mol. The first kappa shape index (κ1) is 19.1. The van der Waals surface area contributed by atoms with Gasteiger partial charge in [-0.25, -0.2) is 12.8 Å². The highest BCUT2D eigenvalue weighted by atomic mass is 32.2. The zero-order chi connectivity index (χ0) is 18.6. The first-order valence-corrected chi connectivity index (χ1v) is 9.26. The number of hydrogen-bond acceptors (Lipinski definition) is 3. The molecule has 0 heterocycles. The fraction of sp³-hybridized carbons (Fsp3) is 0.278. The Labute approximate surface area is 147 Å². The Morgan fingerprint density at radius 3 is 2.44 bits per heavy atom. The zero-order valence-electron chi connectivity index (χ0n) is 14.4. The highest BCUT2D eigenvalue weighted by molar-refractivity contribution is 7.89. The third-order valence-electron chi connectivity index (χ3n) is 3.70. The molecule has 0 radical (unpaired) electrons. The minimum atomic E-state index is -3.90. The molecule has 0 saturated carbocycles. The molecule has 25 heavy (non-hydrogen) atoms. The van der Waals surface area contributed by atoms with E-state index in [1.807, 2.05) is 31.2 Å². The Morgan fingerprint density at radius 1 is 1.20 bits per heavy atom. The largest absolute Gasteiger partial charge is 0.340 e. The molecule has 1 amide bonds. The van der Waals surface area contributed by atoms with Crippen molar-refractivity contribution in [3.63, 3.8) is 0 Å². The Balaban J connectivity index is 2.04. The summed E-state index contributed by atoms with van der Waals surface area (Å²) in [5, 5.41) is 0. The van der Waals surface area contributed by atoms with E-state index < -0.39 is 21.9 Å². The van der Waals surface area contributed by atoms with Gasteiger partial charge in [-0.1, -0.05) is 29.8 Å². The van der Waals surface area contributed by atoms with E-state index in [2.05, 4.69) is 4.72 Å². The second-order valence-electron chi connectivity index (χ2n) is 5.98. The van der Waals surface area contributed by atoms with E-state index in [1.54, 1.807) is 7.05 Å². The van der Waals surface area contributed by atoms with Crippen LogP contribution in [0.25, 0.3) is 0 Å². The third-order valence-corrected chi connectivity index (χ3v) is 5.26. The van der Waals surface area contributed by atoms with Gasteiger partial charge in [-0.2, -0.15) is 4.72 Å². The van der Waals surface area contributed by atoms with Gasteiger partial charge in [0.15, 0.2) is 0 Å². The van der Waals surface area contributed by atoms with Gasteiger partial charge in [-0.05, 0) is 43.7 Å². The van der Waals surface area contributed by atoms with Crippen molar-refractivity contribution in [1.82, 2.24) is 9.62 Å². The molecule has 1 atom stereocenters. The Bertz CT molecular complexity index is 851. The molecular weight excluding hydrogens is 343 g/mol. The van der Waals surface area contributed by atoms with Gasteiger partial charge in [0, 0.05) is 13.6 Å². The SMILES string of the molecule is Cc1cccc(CN(C)C(=O)C(C)NS(=O)(=O)c2ccc(F)cc2)c1. The van der Waals surface area contributed by atoms with Crippen molar-refractivity contribution in [2.75, 3.05) is 7.05 Å². The van der Waals surface area contributed by atoms with Crippen LogP contribution in [-0.2, 0) is 21.4 Å². The molecule has 0 saturated heterocycles. The zero-order valence-corrected chi connectivity index (χ0v) is 15.2. The van der Waals surface area contributed by atoms with Crippen LogP contribution in [0.1, 0.15) is 18.1 Å². The average Bonchev–Trinajstić information content (AvgIpc) is 2.54. The van der Waals surface area contributed by atoms with Gasteiger partial charge >= 0.3 is 0 Å². The lowest BCUT2D eigenvalue weighted by atomic mass is 10.1. The van der Waals surface area contributed by atoms with Crippen LogP contribution in [0.2, 0.25) is 0 Å². The van der Waals surface area contributed by atoms with Gasteiger partial charge in [0.2, 0.25) is 15.9 Å². The molecule has 134 valence electrons. The highest BCUT2D eigenvalue weighted by Gasteiger charge is 2.24. The molecule has 2 aromatic carbocycles. The number of amides is 1. The summed E-state index contributed by atoms with van der Waals surface area (Å²) in [5.74, 6) is -0.881. The lowest BCUT2D eigenvalue weighted by Gasteiger charge is -2.22. The molecule has 0 aliphatic heterocycles. The number of halogens is 1. The van der Waals surface area contributed by atoms with Crippen LogP contribution < -0.4 is 4.72 Å². The van der Waals surface area contributed by atoms with Crippen LogP contribution in [0.3, 0.4) is 0 Å². The summed E-state index contributed by atoms with van der Waals surface area (Å²) < 4.78 is 39.8. The summed E-state index contributed by atoms with van der Waals surface area (Å²) >= 11 is 0. The maximum atomic E-state index is 12.9. The number of sulfonamides is 1. The number of carbonyl (C=O) groups is 1. The smallest absolute Gasteiger partial charge is 0.241 e. The summed E-state index contributed by atoms with van der Waals surface area (Å²) in [6, 6.07) is 11.2. The fourth-order valence-corrected chi connectivity index (χ4v) is 3.65. The van der Waals surface area contributed by atoms with Gasteiger partial charge in [0.1, 0.15) is 5.82 Å². The van der Waals surface area contributed by atoms with Crippen molar-refractivity contribution in [2.45, 2.75) is 31.3 Å². The summed E-state index contributed by atoms with van der Waals surface area (Å²) in [7, 11) is -2.28. The van der Waals surface area contributed by atoms with Crippen molar-refractivity contribution in [2.24, 2.45) is 0 Å². The molecule has 0 bridgehead atoms. The number of aryl methyl sites for hydroxylation is 1. The number of nitrogens with zero attached hydrogens (tertiary/aromatic N) is 1. The van der Waals surface area contributed by atoms with Gasteiger partial charge in [0.05, 0.1) is 10.9 Å². The Hall–Kier alpha value is -2.25. The first-order chi connectivity index (χ1) is 11.7. The van der Waals surface area contributed by atoms with Gasteiger partial charge in [0.25, 0.3) is 0 Å². The maximum Gasteiger partial charge on any atom is 0.241 e. The molecule has 5 nitrogen and oxygen atoms in total. The average molecular weight is 364 g/mol. The molecule has 2 aromatic rings. The fourth-order valence-electron chi connectivity index (χ4n) is 2.46. The maximum absolute atomic E-state index is 12.9. The molecule has 0 aliphatic rings. The molecule has 1 N–H and O–H groups in total.